The van der Waals surface area contributed by atoms with Gasteiger partial charge in [0.15, 0.2) is 0 Å². The third-order valence-corrected chi connectivity index (χ3v) is 5.29. The molecule has 1 heterocycles. The van der Waals surface area contributed by atoms with Gasteiger partial charge in [-0.1, -0.05) is 72.3 Å². The van der Waals surface area contributed by atoms with Crippen molar-refractivity contribution < 1.29 is 14.4 Å². The van der Waals surface area contributed by atoms with Crippen molar-refractivity contribution in [2.75, 3.05) is 6.54 Å². The normalized spacial score (nSPS) is 13.8. The molecule has 5 heteroatoms. The van der Waals surface area contributed by atoms with Gasteiger partial charge in [0, 0.05) is 13.0 Å². The van der Waals surface area contributed by atoms with Gasteiger partial charge in [-0.05, 0) is 30.2 Å². The molecule has 0 unspecified atom stereocenters. The highest BCUT2D eigenvalue weighted by Gasteiger charge is 2.35. The molecule has 0 saturated heterocycles. The van der Waals surface area contributed by atoms with E-state index in [2.05, 4.69) is 5.32 Å². The van der Waals surface area contributed by atoms with Crippen LogP contribution in [0.3, 0.4) is 0 Å². The molecule has 0 radical (unpaired) electrons. The lowest BCUT2D eigenvalue weighted by Gasteiger charge is -2.21. The minimum absolute atomic E-state index is 0.0423. The summed E-state index contributed by atoms with van der Waals surface area (Å²) in [5.74, 6) is -0.913. The number of imide groups is 1. The summed E-state index contributed by atoms with van der Waals surface area (Å²) in [6.07, 6.45) is 0.0423. The van der Waals surface area contributed by atoms with E-state index < -0.39 is 0 Å². The number of carbonyl (C=O) groups is 3. The predicted molar refractivity (Wildman–Crippen MR) is 114 cm³/mol. The van der Waals surface area contributed by atoms with Gasteiger partial charge in [-0.25, -0.2) is 0 Å². The number of nitrogens with one attached hydrogen (secondary N) is 1. The van der Waals surface area contributed by atoms with Crippen LogP contribution in [0.1, 0.15) is 49.9 Å². The summed E-state index contributed by atoms with van der Waals surface area (Å²) >= 11 is 0. The molecule has 30 heavy (non-hydrogen) atoms. The molecule has 0 bridgehead atoms. The first-order valence-corrected chi connectivity index (χ1v) is 9.90. The van der Waals surface area contributed by atoms with Gasteiger partial charge in [-0.2, -0.15) is 0 Å². The van der Waals surface area contributed by atoms with Crippen LogP contribution in [-0.2, 0) is 4.79 Å². The number of nitrogens with zero attached hydrogens (tertiary/aromatic N) is 1. The Balaban J connectivity index is 1.47. The number of hydrogen-bond acceptors (Lipinski definition) is 3. The molecular weight excluding hydrogens is 376 g/mol. The van der Waals surface area contributed by atoms with Gasteiger partial charge >= 0.3 is 0 Å². The molecule has 1 atom stereocenters. The number of fused-ring (bicyclic) bond motifs is 1. The fraction of sp³-hybridized carbons (Fsp3) is 0.160. The summed E-state index contributed by atoms with van der Waals surface area (Å²) in [7, 11) is 0. The van der Waals surface area contributed by atoms with Gasteiger partial charge in [0.1, 0.15) is 0 Å². The number of benzene rings is 3. The van der Waals surface area contributed by atoms with Crippen LogP contribution in [0, 0.1) is 6.92 Å². The molecule has 3 aromatic rings. The summed E-state index contributed by atoms with van der Waals surface area (Å²) in [5, 5.41) is 3.06. The van der Waals surface area contributed by atoms with Gasteiger partial charge in [-0.3, -0.25) is 19.3 Å². The number of rotatable bonds is 6. The molecule has 0 saturated carbocycles. The number of carbonyl (C=O) groups excluding carboxylic acids is 3. The van der Waals surface area contributed by atoms with E-state index in [1.807, 2.05) is 61.5 Å². The highest BCUT2D eigenvalue weighted by atomic mass is 16.2. The molecule has 0 aliphatic carbocycles. The van der Waals surface area contributed by atoms with Crippen LogP contribution in [0.25, 0.3) is 0 Å². The zero-order valence-corrected chi connectivity index (χ0v) is 16.7. The average Bonchev–Trinajstić information content (AvgIpc) is 3.02. The lowest BCUT2D eigenvalue weighted by molar-refractivity contribution is -0.121. The van der Waals surface area contributed by atoms with Gasteiger partial charge in [-0.15, -0.1) is 0 Å². The molecule has 0 fully saturated rings. The van der Waals surface area contributed by atoms with Crippen LogP contribution in [-0.4, -0.2) is 29.2 Å². The SMILES string of the molecule is Cc1ccc([C@@H](NC(=O)CCN2C(=O)c3ccccc3C2=O)c2ccccc2)cc1. The summed E-state index contributed by atoms with van der Waals surface area (Å²) in [4.78, 5) is 38.9. The molecule has 150 valence electrons. The van der Waals surface area contributed by atoms with E-state index in [-0.39, 0.29) is 36.7 Å². The van der Waals surface area contributed by atoms with Crippen LogP contribution in [0.5, 0.6) is 0 Å². The molecule has 5 nitrogen and oxygen atoms in total. The Morgan fingerprint density at radius 2 is 1.33 bits per heavy atom. The number of amides is 3. The van der Waals surface area contributed by atoms with E-state index in [0.29, 0.717) is 11.1 Å². The standard InChI is InChI=1S/C25H22N2O3/c1-17-11-13-19(14-12-17)23(18-7-3-2-4-8-18)26-22(28)15-16-27-24(29)20-9-5-6-10-21(20)25(27)30/h2-14,23H,15-16H2,1H3,(H,26,28)/t23-/m0/s1. The molecule has 1 aliphatic heterocycles. The van der Waals surface area contributed by atoms with Crippen LogP contribution < -0.4 is 5.32 Å². The lowest BCUT2D eigenvalue weighted by atomic mass is 9.97. The largest absolute Gasteiger partial charge is 0.345 e. The fourth-order valence-electron chi connectivity index (χ4n) is 3.65. The van der Waals surface area contributed by atoms with Crippen molar-refractivity contribution in [3.05, 3.63) is 107 Å². The van der Waals surface area contributed by atoms with Gasteiger partial charge in [0.25, 0.3) is 11.8 Å². The first kappa shape index (κ1) is 19.6. The Bertz CT molecular complexity index is 1060. The van der Waals surface area contributed by atoms with Crippen LogP contribution in [0.15, 0.2) is 78.9 Å². The second kappa shape index (κ2) is 8.33. The van der Waals surface area contributed by atoms with Crippen LogP contribution in [0.4, 0.5) is 0 Å². The van der Waals surface area contributed by atoms with Gasteiger partial charge in [0.2, 0.25) is 5.91 Å². The van der Waals surface area contributed by atoms with Crippen LogP contribution >= 0.6 is 0 Å². The average molecular weight is 398 g/mol. The number of aryl methyl sites for hydroxylation is 1. The maximum absolute atomic E-state index is 12.7. The zero-order valence-electron chi connectivity index (χ0n) is 16.7. The summed E-state index contributed by atoms with van der Waals surface area (Å²) in [5.41, 5.74) is 3.87. The first-order chi connectivity index (χ1) is 14.5. The highest BCUT2D eigenvalue weighted by Crippen LogP contribution is 2.24. The van der Waals surface area contributed by atoms with Crippen molar-refractivity contribution in [3.63, 3.8) is 0 Å². The van der Waals surface area contributed by atoms with Gasteiger partial charge < -0.3 is 5.32 Å². The monoisotopic (exact) mass is 398 g/mol. The van der Waals surface area contributed by atoms with E-state index in [1.54, 1.807) is 24.3 Å². The van der Waals surface area contributed by atoms with E-state index in [9.17, 15) is 14.4 Å². The second-order valence-corrected chi connectivity index (χ2v) is 7.38. The maximum Gasteiger partial charge on any atom is 0.261 e. The maximum atomic E-state index is 12.7. The Kier molecular flexibility index (Phi) is 5.44. The third-order valence-electron chi connectivity index (χ3n) is 5.29. The van der Waals surface area contributed by atoms with E-state index in [1.165, 1.54) is 0 Å². The molecule has 0 aromatic heterocycles. The minimum atomic E-state index is -0.346. The predicted octanol–water partition coefficient (Wildman–Crippen LogP) is 3.89. The molecule has 3 amide bonds. The third kappa shape index (κ3) is 3.87. The van der Waals surface area contributed by atoms with Crippen molar-refractivity contribution in [2.24, 2.45) is 0 Å². The Hall–Kier alpha value is -3.73. The van der Waals surface area contributed by atoms with E-state index in [0.717, 1.165) is 21.6 Å². The summed E-state index contributed by atoms with van der Waals surface area (Å²) in [6, 6.07) is 24.2. The molecule has 1 aliphatic rings. The Morgan fingerprint density at radius 1 is 0.800 bits per heavy atom. The van der Waals surface area contributed by atoms with E-state index >= 15 is 0 Å². The second-order valence-electron chi connectivity index (χ2n) is 7.38. The quantitative estimate of drug-likeness (QED) is 0.641. The molecule has 4 rings (SSSR count). The Morgan fingerprint density at radius 3 is 1.93 bits per heavy atom. The van der Waals surface area contributed by atoms with Crippen molar-refractivity contribution in [2.45, 2.75) is 19.4 Å². The van der Waals surface area contributed by atoms with Crippen molar-refractivity contribution in [3.8, 4) is 0 Å². The number of hydrogen-bond donors (Lipinski definition) is 1. The fourth-order valence-corrected chi connectivity index (χ4v) is 3.65. The highest BCUT2D eigenvalue weighted by molar-refractivity contribution is 6.21. The zero-order chi connectivity index (χ0) is 21.1. The summed E-state index contributed by atoms with van der Waals surface area (Å²) in [6.45, 7) is 2.07. The summed E-state index contributed by atoms with van der Waals surface area (Å²) < 4.78 is 0. The molecule has 1 N–H and O–H groups in total. The van der Waals surface area contributed by atoms with E-state index in [4.69, 9.17) is 0 Å². The van der Waals surface area contributed by atoms with Gasteiger partial charge in [0.05, 0.1) is 17.2 Å². The van der Waals surface area contributed by atoms with Crippen LogP contribution in [0.2, 0.25) is 0 Å². The Labute approximate surface area is 175 Å². The topological polar surface area (TPSA) is 66.5 Å². The van der Waals surface area contributed by atoms with Crippen molar-refractivity contribution in [1.82, 2.24) is 10.2 Å². The molecule has 0 spiro atoms. The smallest absolute Gasteiger partial charge is 0.261 e. The first-order valence-electron chi connectivity index (χ1n) is 9.90. The molecular formula is C25H22N2O3. The minimum Gasteiger partial charge on any atom is -0.345 e. The molecule has 3 aromatic carbocycles. The lowest BCUT2D eigenvalue weighted by Crippen LogP contribution is -2.36. The van der Waals surface area contributed by atoms with Crippen molar-refractivity contribution in [1.29, 1.82) is 0 Å². The van der Waals surface area contributed by atoms with Crippen molar-refractivity contribution >= 4 is 17.7 Å².